The lowest BCUT2D eigenvalue weighted by atomic mass is 9.80. The number of ether oxygens (including phenoxy) is 2. The summed E-state index contributed by atoms with van der Waals surface area (Å²) in [6.45, 7) is 9.30. The van der Waals surface area contributed by atoms with E-state index in [0.717, 1.165) is 38.0 Å². The van der Waals surface area contributed by atoms with Crippen molar-refractivity contribution in [2.45, 2.75) is 84.9 Å². The smallest absolute Gasteiger partial charge is 0.223 e. The number of carbonyl (C=O) groups excluding carboxylic acids is 1. The zero-order chi connectivity index (χ0) is 29.7. The van der Waals surface area contributed by atoms with E-state index >= 15 is 0 Å². The summed E-state index contributed by atoms with van der Waals surface area (Å²) >= 11 is 0. The van der Waals surface area contributed by atoms with Crippen LogP contribution in [0.3, 0.4) is 0 Å². The molecular formula is C32H52ClN3O5. The van der Waals surface area contributed by atoms with E-state index in [1.807, 2.05) is 19.9 Å². The largest absolute Gasteiger partial charge is 0.496 e. The number of nitrogens with two attached hydrogens (primary N) is 1. The second-order valence-corrected chi connectivity index (χ2v) is 11.6. The first kappa shape index (κ1) is 36.6. The number of halogens is 1. The standard InChI is InChI=1S/C32H51N3O5.ClH/c1-21(2)25(17-23-13-14-30(40-6)24(16-23)10-7-8-15-39-5)18-28(33)29(36)19-27(22(3)4)32(38)34-20-26-11-9-12-31(37)35-26;/h9,11-14,16,21-22,25,27-29,36H,7-8,10,15,17-20,33H2,1-6H3,(H,34,38)(H,35,37);1H/t25-,27-,28-,29-;/m0./s1. The van der Waals surface area contributed by atoms with Crippen LogP contribution < -0.4 is 15.8 Å². The first-order valence-corrected chi connectivity index (χ1v) is 14.6. The third-order valence-electron chi connectivity index (χ3n) is 7.77. The number of aliphatic hydroxyl groups excluding tert-OH is 1. The normalized spacial score (nSPS) is 14.3. The Balaban J connectivity index is 0.00000840. The molecule has 0 fully saturated rings. The molecule has 0 radical (unpaired) electrons. The molecule has 2 rings (SSSR count). The number of unbranched alkanes of at least 4 members (excludes halogenated alkanes) is 1. The molecule has 1 aromatic carbocycles. The van der Waals surface area contributed by atoms with Gasteiger partial charge in [-0.25, -0.2) is 4.98 Å². The number of pyridine rings is 1. The first-order valence-electron chi connectivity index (χ1n) is 14.6. The Morgan fingerprint density at radius 1 is 1.05 bits per heavy atom. The second-order valence-electron chi connectivity index (χ2n) is 11.6. The van der Waals surface area contributed by atoms with E-state index < -0.39 is 18.1 Å². The van der Waals surface area contributed by atoms with Gasteiger partial charge in [-0.05, 0) is 79.5 Å². The highest BCUT2D eigenvalue weighted by molar-refractivity contribution is 5.85. The zero-order valence-corrected chi connectivity index (χ0v) is 26.5. The van der Waals surface area contributed by atoms with Crippen molar-refractivity contribution in [1.29, 1.82) is 0 Å². The summed E-state index contributed by atoms with van der Waals surface area (Å²) in [6, 6.07) is 10.9. The van der Waals surface area contributed by atoms with Gasteiger partial charge in [0.25, 0.3) is 0 Å². The van der Waals surface area contributed by atoms with E-state index in [2.05, 4.69) is 36.3 Å². The number of aromatic nitrogens is 1. The molecule has 9 heteroatoms. The molecule has 4 atom stereocenters. The summed E-state index contributed by atoms with van der Waals surface area (Å²) in [7, 11) is 3.43. The average Bonchev–Trinajstić information content (AvgIpc) is 2.92. The van der Waals surface area contributed by atoms with E-state index in [-0.39, 0.29) is 49.0 Å². The van der Waals surface area contributed by atoms with Crippen LogP contribution in [0.5, 0.6) is 11.6 Å². The van der Waals surface area contributed by atoms with Gasteiger partial charge in [0.2, 0.25) is 11.8 Å². The fraction of sp³-hybridized carbons (Fsp3) is 0.625. The quantitative estimate of drug-likeness (QED) is 0.178. The minimum absolute atomic E-state index is 0. The van der Waals surface area contributed by atoms with Crippen LogP contribution in [0.15, 0.2) is 36.4 Å². The highest BCUT2D eigenvalue weighted by Crippen LogP contribution is 2.28. The number of rotatable bonds is 18. The third kappa shape index (κ3) is 12.6. The Labute approximate surface area is 252 Å². The predicted molar refractivity (Wildman–Crippen MR) is 166 cm³/mol. The molecule has 5 N–H and O–H groups in total. The Kier molecular flexibility index (Phi) is 16.9. The molecule has 41 heavy (non-hydrogen) atoms. The van der Waals surface area contributed by atoms with E-state index in [1.54, 1.807) is 26.4 Å². The molecule has 0 saturated carbocycles. The van der Waals surface area contributed by atoms with E-state index in [9.17, 15) is 15.0 Å². The number of benzene rings is 1. The lowest BCUT2D eigenvalue weighted by Gasteiger charge is -2.30. The molecule has 232 valence electrons. The van der Waals surface area contributed by atoms with Crippen LogP contribution in [0.25, 0.3) is 0 Å². The van der Waals surface area contributed by atoms with Crippen molar-refractivity contribution >= 4 is 18.3 Å². The summed E-state index contributed by atoms with van der Waals surface area (Å²) in [5.41, 5.74) is 9.57. The fourth-order valence-electron chi connectivity index (χ4n) is 5.11. The molecule has 8 nitrogen and oxygen atoms in total. The molecule has 0 aliphatic heterocycles. The van der Waals surface area contributed by atoms with Crippen molar-refractivity contribution in [3.05, 3.63) is 53.2 Å². The molecule has 0 bridgehead atoms. The number of nitrogens with one attached hydrogen (secondary N) is 1. The molecule has 1 amide bonds. The summed E-state index contributed by atoms with van der Waals surface area (Å²) in [4.78, 5) is 17.0. The number of aryl methyl sites for hydroxylation is 1. The maximum absolute atomic E-state index is 13.0. The van der Waals surface area contributed by atoms with Gasteiger partial charge in [-0.3, -0.25) is 4.79 Å². The molecule has 0 saturated heterocycles. The fourth-order valence-corrected chi connectivity index (χ4v) is 5.11. The Hall–Kier alpha value is -2.39. The van der Waals surface area contributed by atoms with E-state index in [4.69, 9.17) is 15.2 Å². The van der Waals surface area contributed by atoms with Crippen molar-refractivity contribution < 1.29 is 24.5 Å². The number of carbonyl (C=O) groups is 1. The van der Waals surface area contributed by atoms with Crippen LogP contribution in [0.4, 0.5) is 0 Å². The third-order valence-corrected chi connectivity index (χ3v) is 7.77. The molecule has 0 aliphatic rings. The van der Waals surface area contributed by atoms with Crippen molar-refractivity contribution in [2.75, 3.05) is 20.8 Å². The van der Waals surface area contributed by atoms with Crippen LogP contribution >= 0.6 is 12.4 Å². The number of aliphatic hydroxyl groups is 1. The SMILES string of the molecule is COCCCCc1cc(C[C@@H](C[C@H](N)[C@@H](O)C[C@H](C(=O)NCc2cccc(O)n2)C(C)C)C(C)C)ccc1OC.Cl. The van der Waals surface area contributed by atoms with Gasteiger partial charge < -0.3 is 30.7 Å². The van der Waals surface area contributed by atoms with Gasteiger partial charge in [-0.15, -0.1) is 12.4 Å². The van der Waals surface area contributed by atoms with Crippen LogP contribution in [0, 0.1) is 23.7 Å². The molecule has 2 aromatic rings. The first-order chi connectivity index (χ1) is 19.0. The highest BCUT2D eigenvalue weighted by Gasteiger charge is 2.29. The van der Waals surface area contributed by atoms with Crippen LogP contribution in [0.1, 0.15) is 70.2 Å². The van der Waals surface area contributed by atoms with Gasteiger partial charge in [0, 0.05) is 31.7 Å². The summed E-state index contributed by atoms with van der Waals surface area (Å²) in [6.07, 6.45) is 3.99. The molecular weight excluding hydrogens is 542 g/mol. The molecule has 1 heterocycles. The van der Waals surface area contributed by atoms with Crippen molar-refractivity contribution in [3.63, 3.8) is 0 Å². The summed E-state index contributed by atoms with van der Waals surface area (Å²) < 4.78 is 10.8. The molecule has 0 unspecified atom stereocenters. The number of aromatic hydroxyl groups is 1. The number of nitrogens with zero attached hydrogens (tertiary/aromatic N) is 1. The minimum Gasteiger partial charge on any atom is -0.496 e. The Morgan fingerprint density at radius 3 is 2.39 bits per heavy atom. The minimum atomic E-state index is -0.800. The topological polar surface area (TPSA) is 127 Å². The monoisotopic (exact) mass is 593 g/mol. The van der Waals surface area contributed by atoms with Crippen LogP contribution in [-0.2, 0) is 28.9 Å². The number of methoxy groups -OCH3 is 2. The highest BCUT2D eigenvalue weighted by atomic mass is 35.5. The number of amides is 1. The molecule has 0 spiro atoms. The van der Waals surface area contributed by atoms with Crippen molar-refractivity contribution in [2.24, 2.45) is 29.4 Å². The van der Waals surface area contributed by atoms with Crippen LogP contribution in [-0.4, -0.2) is 54.1 Å². The maximum Gasteiger partial charge on any atom is 0.223 e. The Bertz CT molecular complexity index is 1040. The molecule has 0 aliphatic carbocycles. The van der Waals surface area contributed by atoms with Crippen LogP contribution in [0.2, 0.25) is 0 Å². The predicted octanol–water partition coefficient (Wildman–Crippen LogP) is 5.06. The van der Waals surface area contributed by atoms with Gasteiger partial charge in [-0.1, -0.05) is 45.9 Å². The van der Waals surface area contributed by atoms with Gasteiger partial charge in [-0.2, -0.15) is 0 Å². The van der Waals surface area contributed by atoms with Gasteiger partial charge in [0.15, 0.2) is 0 Å². The zero-order valence-electron chi connectivity index (χ0n) is 25.6. The maximum atomic E-state index is 13.0. The second kappa shape index (κ2) is 18.9. The van der Waals surface area contributed by atoms with Crippen molar-refractivity contribution in [1.82, 2.24) is 10.3 Å². The average molecular weight is 594 g/mol. The van der Waals surface area contributed by atoms with Gasteiger partial charge in [0.1, 0.15) is 5.75 Å². The number of hydrogen-bond donors (Lipinski definition) is 4. The van der Waals surface area contributed by atoms with E-state index in [0.29, 0.717) is 18.0 Å². The van der Waals surface area contributed by atoms with Gasteiger partial charge in [0.05, 0.1) is 25.5 Å². The Morgan fingerprint density at radius 2 is 1.78 bits per heavy atom. The summed E-state index contributed by atoms with van der Waals surface area (Å²) in [5.74, 6) is 0.975. The lowest BCUT2D eigenvalue weighted by molar-refractivity contribution is -0.127. The van der Waals surface area contributed by atoms with Crippen molar-refractivity contribution in [3.8, 4) is 11.6 Å². The molecule has 1 aromatic heterocycles. The lowest BCUT2D eigenvalue weighted by Crippen LogP contribution is -2.42. The van der Waals surface area contributed by atoms with Gasteiger partial charge >= 0.3 is 0 Å². The van der Waals surface area contributed by atoms with E-state index in [1.165, 1.54) is 17.2 Å². The summed E-state index contributed by atoms with van der Waals surface area (Å²) in [5, 5.41) is 23.5. The number of hydrogen-bond acceptors (Lipinski definition) is 7.